The molecular formula is C25H32ClFN4O. The average molecular weight is 459 g/mol. The van der Waals surface area contributed by atoms with Gasteiger partial charge in [-0.25, -0.2) is 4.39 Å². The fourth-order valence-corrected chi connectivity index (χ4v) is 5.95. The smallest absolute Gasteiger partial charge is 0.148 e. The number of anilines is 1. The number of nitrogens with zero attached hydrogens (tertiary/aromatic N) is 3. The van der Waals surface area contributed by atoms with Crippen LogP contribution in [0, 0.1) is 23.1 Å². The van der Waals surface area contributed by atoms with Crippen LogP contribution in [-0.4, -0.2) is 54.5 Å². The molecule has 0 unspecified atom stereocenters. The van der Waals surface area contributed by atoms with Crippen molar-refractivity contribution < 1.29 is 9.13 Å². The van der Waals surface area contributed by atoms with E-state index in [1.54, 1.807) is 6.07 Å². The van der Waals surface area contributed by atoms with Crippen molar-refractivity contribution in [2.24, 2.45) is 17.3 Å². The molecule has 7 heteroatoms. The van der Waals surface area contributed by atoms with Crippen LogP contribution in [0.1, 0.15) is 38.5 Å². The fourth-order valence-electron chi connectivity index (χ4n) is 5.73. The van der Waals surface area contributed by atoms with Gasteiger partial charge in [0.25, 0.3) is 0 Å². The van der Waals surface area contributed by atoms with E-state index in [4.69, 9.17) is 16.3 Å². The van der Waals surface area contributed by atoms with Crippen LogP contribution in [0.5, 0.6) is 0 Å². The summed E-state index contributed by atoms with van der Waals surface area (Å²) in [7, 11) is 0. The van der Waals surface area contributed by atoms with Gasteiger partial charge in [0.05, 0.1) is 10.7 Å². The largest absolute Gasteiger partial charge is 0.381 e. The lowest BCUT2D eigenvalue weighted by Crippen LogP contribution is -2.49. The van der Waals surface area contributed by atoms with E-state index >= 15 is 0 Å². The zero-order chi connectivity index (χ0) is 22.0. The lowest BCUT2D eigenvalue weighted by atomic mass is 9.57. The summed E-state index contributed by atoms with van der Waals surface area (Å²) in [6.07, 6.45) is 7.78. The van der Waals surface area contributed by atoms with Gasteiger partial charge in [0, 0.05) is 31.9 Å². The second-order valence-electron chi connectivity index (χ2n) is 9.94. The average Bonchev–Trinajstić information content (AvgIpc) is 2.80. The van der Waals surface area contributed by atoms with E-state index in [2.05, 4.69) is 20.4 Å². The Morgan fingerprint density at radius 3 is 2.56 bits per heavy atom. The number of likely N-dealkylation sites (tertiary alicyclic amines) is 1. The molecule has 1 N–H and O–H groups in total. The Labute approximate surface area is 194 Å². The molecule has 0 amide bonds. The molecule has 1 aliphatic carbocycles. The van der Waals surface area contributed by atoms with Crippen molar-refractivity contribution in [3.63, 3.8) is 0 Å². The molecule has 3 heterocycles. The highest BCUT2D eigenvalue weighted by Gasteiger charge is 2.45. The second kappa shape index (κ2) is 9.62. The number of hydrogen-bond donors (Lipinski definition) is 1. The van der Waals surface area contributed by atoms with E-state index in [1.807, 2.05) is 12.1 Å². The third-order valence-corrected chi connectivity index (χ3v) is 7.99. The van der Waals surface area contributed by atoms with E-state index in [1.165, 1.54) is 70.3 Å². The van der Waals surface area contributed by atoms with Gasteiger partial charge in [-0.2, -0.15) is 0 Å². The molecule has 3 fully saturated rings. The molecule has 2 aromatic rings. The maximum Gasteiger partial charge on any atom is 0.148 e. The minimum atomic E-state index is -0.332. The molecule has 0 radical (unpaired) electrons. The van der Waals surface area contributed by atoms with E-state index < -0.39 is 0 Å². The normalized spacial score (nSPS) is 22.1. The first-order chi connectivity index (χ1) is 15.6. The van der Waals surface area contributed by atoms with Crippen molar-refractivity contribution in [2.45, 2.75) is 38.5 Å². The molecule has 0 bridgehead atoms. The first kappa shape index (κ1) is 22.1. The fraction of sp³-hybridized carbons (Fsp3) is 0.600. The van der Waals surface area contributed by atoms with Gasteiger partial charge in [0.1, 0.15) is 11.6 Å². The number of benzene rings is 1. The van der Waals surface area contributed by atoms with Gasteiger partial charge in [-0.15, -0.1) is 10.2 Å². The van der Waals surface area contributed by atoms with Crippen LogP contribution < -0.4 is 5.32 Å². The van der Waals surface area contributed by atoms with Crippen LogP contribution in [0.3, 0.4) is 0 Å². The van der Waals surface area contributed by atoms with Crippen molar-refractivity contribution >= 4 is 17.4 Å². The summed E-state index contributed by atoms with van der Waals surface area (Å²) in [6, 6.07) is 8.01. The maximum absolute atomic E-state index is 13.5. The van der Waals surface area contributed by atoms with E-state index in [9.17, 15) is 4.39 Å². The van der Waals surface area contributed by atoms with Gasteiger partial charge in [-0.1, -0.05) is 11.6 Å². The Hall–Kier alpha value is -1.76. The van der Waals surface area contributed by atoms with E-state index in [0.717, 1.165) is 31.5 Å². The van der Waals surface area contributed by atoms with Crippen LogP contribution in [0.2, 0.25) is 5.02 Å². The van der Waals surface area contributed by atoms with Gasteiger partial charge in [-0.05, 0) is 99.2 Å². The summed E-state index contributed by atoms with van der Waals surface area (Å²) < 4.78 is 19.0. The minimum absolute atomic E-state index is 0.332. The Bertz CT molecular complexity index is 903. The molecule has 32 heavy (non-hydrogen) atoms. The van der Waals surface area contributed by atoms with Gasteiger partial charge in [0.2, 0.25) is 0 Å². The molecule has 1 saturated carbocycles. The number of ether oxygens (including phenoxy) is 1. The zero-order valence-corrected chi connectivity index (χ0v) is 19.3. The molecule has 172 valence electrons. The summed E-state index contributed by atoms with van der Waals surface area (Å²) >= 11 is 6.17. The lowest BCUT2D eigenvalue weighted by molar-refractivity contribution is -0.0186. The molecule has 2 aliphatic heterocycles. The summed E-state index contributed by atoms with van der Waals surface area (Å²) in [5.41, 5.74) is 1.72. The predicted molar refractivity (Wildman–Crippen MR) is 125 cm³/mol. The maximum atomic E-state index is 13.5. The molecule has 1 spiro atoms. The monoisotopic (exact) mass is 458 g/mol. The first-order valence-corrected chi connectivity index (χ1v) is 12.3. The molecule has 1 aromatic carbocycles. The zero-order valence-electron chi connectivity index (χ0n) is 18.5. The highest BCUT2D eigenvalue weighted by atomic mass is 35.5. The predicted octanol–water partition coefficient (Wildman–Crippen LogP) is 5.27. The molecule has 2 saturated heterocycles. The Kier molecular flexibility index (Phi) is 6.63. The highest BCUT2D eigenvalue weighted by Crippen LogP contribution is 2.52. The molecule has 5 nitrogen and oxygen atoms in total. The van der Waals surface area contributed by atoms with Crippen LogP contribution in [0.15, 0.2) is 30.3 Å². The van der Waals surface area contributed by atoms with Crippen LogP contribution in [-0.2, 0) is 4.74 Å². The highest BCUT2D eigenvalue weighted by molar-refractivity contribution is 6.33. The van der Waals surface area contributed by atoms with Crippen LogP contribution >= 0.6 is 11.6 Å². The number of piperidine rings is 1. The molecular weight excluding hydrogens is 427 g/mol. The Balaban J connectivity index is 1.05. The minimum Gasteiger partial charge on any atom is -0.381 e. The Morgan fingerprint density at radius 1 is 1.06 bits per heavy atom. The van der Waals surface area contributed by atoms with E-state index in [0.29, 0.717) is 27.6 Å². The molecule has 1 aromatic heterocycles. The Morgan fingerprint density at radius 2 is 1.84 bits per heavy atom. The van der Waals surface area contributed by atoms with Gasteiger partial charge >= 0.3 is 0 Å². The first-order valence-electron chi connectivity index (χ1n) is 11.9. The topological polar surface area (TPSA) is 50.3 Å². The summed E-state index contributed by atoms with van der Waals surface area (Å²) in [4.78, 5) is 2.69. The van der Waals surface area contributed by atoms with Crippen molar-refractivity contribution in [1.82, 2.24) is 15.1 Å². The number of halogens is 2. The quantitative estimate of drug-likeness (QED) is 0.639. The van der Waals surface area contributed by atoms with Crippen LogP contribution in [0.25, 0.3) is 11.3 Å². The summed E-state index contributed by atoms with van der Waals surface area (Å²) in [5.74, 6) is 1.96. The van der Waals surface area contributed by atoms with Gasteiger partial charge < -0.3 is 15.0 Å². The van der Waals surface area contributed by atoms with Crippen molar-refractivity contribution in [3.05, 3.63) is 41.2 Å². The van der Waals surface area contributed by atoms with Gasteiger partial charge in [-0.3, -0.25) is 0 Å². The SMILES string of the molecule is Fc1ccc(Cl)c(-c2ccc(NCC3CC4(CCN(CC5CCOCC5)CC4)C3)nn2)c1. The number of hydrogen-bond acceptors (Lipinski definition) is 5. The van der Waals surface area contributed by atoms with E-state index in [-0.39, 0.29) is 5.82 Å². The number of nitrogens with one attached hydrogen (secondary N) is 1. The summed E-state index contributed by atoms with van der Waals surface area (Å²) in [5, 5.41) is 12.4. The molecule has 3 aliphatic rings. The van der Waals surface area contributed by atoms with Crippen molar-refractivity contribution in [3.8, 4) is 11.3 Å². The molecule has 0 atom stereocenters. The van der Waals surface area contributed by atoms with Gasteiger partial charge in [0.15, 0.2) is 0 Å². The van der Waals surface area contributed by atoms with Crippen molar-refractivity contribution in [2.75, 3.05) is 44.7 Å². The lowest BCUT2D eigenvalue weighted by Gasteiger charge is -2.53. The summed E-state index contributed by atoms with van der Waals surface area (Å²) in [6.45, 7) is 6.61. The number of rotatable bonds is 6. The third-order valence-electron chi connectivity index (χ3n) is 7.66. The third kappa shape index (κ3) is 5.08. The number of aromatic nitrogens is 2. The molecule has 5 rings (SSSR count). The standard InChI is InChI=1S/C25H32ClFN4O/c26-22-2-1-20(27)13-21(22)23-3-4-24(30-29-23)28-16-19-14-25(15-19)7-9-31(10-8-25)17-18-5-11-32-12-6-18/h1-4,13,18-19H,5-12,14-17H2,(H,28,30). The van der Waals surface area contributed by atoms with Crippen LogP contribution in [0.4, 0.5) is 10.2 Å². The van der Waals surface area contributed by atoms with Crippen molar-refractivity contribution in [1.29, 1.82) is 0 Å². The second-order valence-corrected chi connectivity index (χ2v) is 10.3.